The van der Waals surface area contributed by atoms with Gasteiger partial charge < -0.3 is 15.0 Å². The van der Waals surface area contributed by atoms with Crippen LogP contribution in [0.4, 0.5) is 0 Å². The predicted octanol–water partition coefficient (Wildman–Crippen LogP) is 0.360. The lowest BCUT2D eigenvalue weighted by atomic mass is 10.3. The van der Waals surface area contributed by atoms with Gasteiger partial charge in [0.25, 0.3) is 0 Å². The van der Waals surface area contributed by atoms with E-state index in [2.05, 4.69) is 15.5 Å². The third-order valence-corrected chi connectivity index (χ3v) is 3.12. The fourth-order valence-corrected chi connectivity index (χ4v) is 2.03. The van der Waals surface area contributed by atoms with Gasteiger partial charge in [-0.05, 0) is 13.0 Å². The molecule has 0 saturated heterocycles. The molecule has 0 aromatic carbocycles. The number of thioether (sulfide) groups is 1. The summed E-state index contributed by atoms with van der Waals surface area (Å²) >= 11 is 1.39. The molecular weight excluding hydrogens is 228 g/mol. The van der Waals surface area contributed by atoms with Crippen molar-refractivity contribution in [3.05, 3.63) is 6.33 Å². The molecule has 0 spiro atoms. The fourth-order valence-electron chi connectivity index (χ4n) is 1.10. The van der Waals surface area contributed by atoms with Crippen molar-refractivity contribution >= 4 is 17.7 Å². The van der Waals surface area contributed by atoms with E-state index in [1.54, 1.807) is 10.9 Å². The van der Waals surface area contributed by atoms with Crippen LogP contribution in [0.1, 0.15) is 13.3 Å². The Kier molecular flexibility index (Phi) is 5.27. The first-order valence-corrected chi connectivity index (χ1v) is 6.06. The number of aliphatic carboxylic acids is 1. The van der Waals surface area contributed by atoms with Gasteiger partial charge in [0.1, 0.15) is 12.4 Å². The molecule has 7 heteroatoms. The number of aryl methyl sites for hydroxylation is 1. The molecule has 1 heterocycles. The minimum atomic E-state index is -0.830. The highest BCUT2D eigenvalue weighted by atomic mass is 32.2. The summed E-state index contributed by atoms with van der Waals surface area (Å²) in [5, 5.41) is 20.3. The van der Waals surface area contributed by atoms with E-state index in [0.29, 0.717) is 12.3 Å². The Bertz CT molecular complexity index is 342. The minimum Gasteiger partial charge on any atom is -0.480 e. The Morgan fingerprint density at radius 2 is 2.50 bits per heavy atom. The lowest BCUT2D eigenvalue weighted by Crippen LogP contribution is -2.39. The highest BCUT2D eigenvalue weighted by Crippen LogP contribution is 2.14. The van der Waals surface area contributed by atoms with Crippen LogP contribution in [0.5, 0.6) is 0 Å². The van der Waals surface area contributed by atoms with Gasteiger partial charge in [0.15, 0.2) is 5.16 Å². The third-order valence-electron chi connectivity index (χ3n) is 1.99. The molecule has 0 aliphatic rings. The Morgan fingerprint density at radius 1 is 1.75 bits per heavy atom. The average molecular weight is 244 g/mol. The zero-order valence-electron chi connectivity index (χ0n) is 9.38. The lowest BCUT2D eigenvalue weighted by Gasteiger charge is -2.12. The van der Waals surface area contributed by atoms with Gasteiger partial charge in [-0.25, -0.2) is 0 Å². The molecule has 0 amide bonds. The summed E-state index contributed by atoms with van der Waals surface area (Å²) in [5.41, 5.74) is 0. The Hall–Kier alpha value is -1.08. The molecular formula is C9H16N4O2S. The van der Waals surface area contributed by atoms with Gasteiger partial charge in [-0.1, -0.05) is 18.7 Å². The first kappa shape index (κ1) is 13.0. The molecule has 1 aromatic rings. The molecule has 6 nitrogen and oxygen atoms in total. The summed E-state index contributed by atoms with van der Waals surface area (Å²) in [7, 11) is 1.83. The average Bonchev–Trinajstić information content (AvgIpc) is 2.64. The van der Waals surface area contributed by atoms with Gasteiger partial charge in [-0.2, -0.15) is 0 Å². The standard InChI is InChI=1S/C9H16N4O2S/c1-3-4-10-7(8(14)15)5-16-9-12-11-6-13(9)2/h6-7,10H,3-5H2,1-2H3,(H,14,15). The number of carboxylic acid groups (broad SMARTS) is 1. The van der Waals surface area contributed by atoms with Gasteiger partial charge >= 0.3 is 5.97 Å². The molecule has 1 atom stereocenters. The second-order valence-electron chi connectivity index (χ2n) is 3.38. The molecule has 0 saturated carbocycles. The zero-order chi connectivity index (χ0) is 12.0. The van der Waals surface area contributed by atoms with Gasteiger partial charge in [0.05, 0.1) is 0 Å². The van der Waals surface area contributed by atoms with Crippen LogP contribution >= 0.6 is 11.8 Å². The van der Waals surface area contributed by atoms with Crippen LogP contribution in [0.25, 0.3) is 0 Å². The molecule has 0 bridgehead atoms. The maximum absolute atomic E-state index is 10.9. The number of nitrogens with zero attached hydrogens (tertiary/aromatic N) is 3. The summed E-state index contributed by atoms with van der Waals surface area (Å²) < 4.78 is 1.77. The molecule has 0 aliphatic carbocycles. The number of hydrogen-bond donors (Lipinski definition) is 2. The van der Waals surface area contributed by atoms with Crippen molar-refractivity contribution in [3.63, 3.8) is 0 Å². The summed E-state index contributed by atoms with van der Waals surface area (Å²) in [4.78, 5) is 10.9. The highest BCUT2D eigenvalue weighted by molar-refractivity contribution is 7.99. The number of hydrogen-bond acceptors (Lipinski definition) is 5. The van der Waals surface area contributed by atoms with Gasteiger partial charge in [-0.15, -0.1) is 10.2 Å². The maximum atomic E-state index is 10.9. The van der Waals surface area contributed by atoms with E-state index in [0.717, 1.165) is 11.6 Å². The van der Waals surface area contributed by atoms with Crippen molar-refractivity contribution < 1.29 is 9.90 Å². The van der Waals surface area contributed by atoms with Crippen LogP contribution in [0, 0.1) is 0 Å². The van der Waals surface area contributed by atoms with E-state index in [1.165, 1.54) is 11.8 Å². The maximum Gasteiger partial charge on any atom is 0.321 e. The summed E-state index contributed by atoms with van der Waals surface area (Å²) in [6.45, 7) is 2.71. The van der Waals surface area contributed by atoms with Crippen molar-refractivity contribution in [2.24, 2.45) is 7.05 Å². The van der Waals surface area contributed by atoms with Crippen LogP contribution in [0.2, 0.25) is 0 Å². The van der Waals surface area contributed by atoms with Crippen LogP contribution in [-0.4, -0.2) is 44.2 Å². The van der Waals surface area contributed by atoms with Crippen LogP contribution < -0.4 is 5.32 Å². The number of carbonyl (C=O) groups is 1. The molecule has 0 fully saturated rings. The molecule has 1 rings (SSSR count). The van der Waals surface area contributed by atoms with E-state index in [4.69, 9.17) is 5.11 Å². The van der Waals surface area contributed by atoms with Gasteiger partial charge in [0.2, 0.25) is 0 Å². The van der Waals surface area contributed by atoms with E-state index in [-0.39, 0.29) is 0 Å². The molecule has 0 aliphatic heterocycles. The Morgan fingerprint density at radius 3 is 3.00 bits per heavy atom. The highest BCUT2D eigenvalue weighted by Gasteiger charge is 2.17. The molecule has 1 unspecified atom stereocenters. The predicted molar refractivity (Wildman–Crippen MR) is 61.4 cm³/mol. The Balaban J connectivity index is 2.44. The molecule has 2 N–H and O–H groups in total. The minimum absolute atomic E-state index is 0.446. The zero-order valence-corrected chi connectivity index (χ0v) is 10.2. The Labute approximate surface area is 98.4 Å². The summed E-state index contributed by atoms with van der Waals surface area (Å²) in [6.07, 6.45) is 2.51. The van der Waals surface area contributed by atoms with Gasteiger partial charge in [-0.3, -0.25) is 4.79 Å². The summed E-state index contributed by atoms with van der Waals surface area (Å²) in [6, 6.07) is -0.540. The molecule has 1 aromatic heterocycles. The van der Waals surface area contributed by atoms with Crippen LogP contribution in [-0.2, 0) is 11.8 Å². The second-order valence-corrected chi connectivity index (χ2v) is 4.37. The van der Waals surface area contributed by atoms with E-state index in [9.17, 15) is 4.79 Å². The number of aromatic nitrogens is 3. The second kappa shape index (κ2) is 6.49. The SMILES string of the molecule is CCCNC(CSc1nncn1C)C(=O)O. The van der Waals surface area contributed by atoms with E-state index < -0.39 is 12.0 Å². The van der Waals surface area contributed by atoms with Crippen molar-refractivity contribution in [3.8, 4) is 0 Å². The number of carboxylic acids is 1. The fraction of sp³-hybridized carbons (Fsp3) is 0.667. The van der Waals surface area contributed by atoms with Crippen LogP contribution in [0.3, 0.4) is 0 Å². The smallest absolute Gasteiger partial charge is 0.321 e. The topological polar surface area (TPSA) is 80.0 Å². The molecule has 0 radical (unpaired) electrons. The van der Waals surface area contributed by atoms with Crippen LogP contribution in [0.15, 0.2) is 11.5 Å². The first-order chi connectivity index (χ1) is 7.65. The van der Waals surface area contributed by atoms with E-state index >= 15 is 0 Å². The summed E-state index contributed by atoms with van der Waals surface area (Å²) in [5.74, 6) is -0.384. The monoisotopic (exact) mass is 244 g/mol. The molecule has 16 heavy (non-hydrogen) atoms. The normalized spacial score (nSPS) is 12.6. The van der Waals surface area contributed by atoms with Crippen molar-refractivity contribution in [1.82, 2.24) is 20.1 Å². The number of nitrogens with one attached hydrogen (secondary N) is 1. The molecule has 90 valence electrons. The van der Waals surface area contributed by atoms with Gasteiger partial charge in [0, 0.05) is 12.8 Å². The number of rotatable bonds is 7. The van der Waals surface area contributed by atoms with Crippen molar-refractivity contribution in [2.45, 2.75) is 24.5 Å². The third kappa shape index (κ3) is 3.82. The first-order valence-electron chi connectivity index (χ1n) is 5.08. The van der Waals surface area contributed by atoms with E-state index in [1.807, 2.05) is 14.0 Å². The van der Waals surface area contributed by atoms with Crippen molar-refractivity contribution in [1.29, 1.82) is 0 Å². The van der Waals surface area contributed by atoms with Crippen molar-refractivity contribution in [2.75, 3.05) is 12.3 Å². The largest absolute Gasteiger partial charge is 0.480 e. The quantitative estimate of drug-likeness (QED) is 0.674. The lowest BCUT2D eigenvalue weighted by molar-refractivity contribution is -0.138.